The first-order valence-electron chi connectivity index (χ1n) is 5.87. The summed E-state index contributed by atoms with van der Waals surface area (Å²) in [6, 6.07) is 2.18. The number of anilines is 1. The molecule has 0 aliphatic rings. The van der Waals surface area contributed by atoms with Crippen LogP contribution in [0.15, 0.2) is 24.5 Å². The van der Waals surface area contributed by atoms with Crippen molar-refractivity contribution in [2.75, 3.05) is 5.32 Å². The van der Waals surface area contributed by atoms with Crippen LogP contribution in [0.4, 0.5) is 11.5 Å². The second-order valence-electron chi connectivity index (χ2n) is 4.13. The lowest BCUT2D eigenvalue weighted by Crippen LogP contribution is -2.09. The highest BCUT2D eigenvalue weighted by atomic mass is 16.6. The van der Waals surface area contributed by atoms with E-state index in [2.05, 4.69) is 20.3 Å². The SMILES string of the molecule is Cc1cnc(CNc2nc(C(=O)O)ccc2[N+](=O)[O-])cn1. The van der Waals surface area contributed by atoms with Crippen LogP contribution in [0.1, 0.15) is 21.9 Å². The van der Waals surface area contributed by atoms with Gasteiger partial charge in [-0.05, 0) is 13.0 Å². The van der Waals surface area contributed by atoms with Gasteiger partial charge >= 0.3 is 11.7 Å². The van der Waals surface area contributed by atoms with Crippen molar-refractivity contribution in [2.45, 2.75) is 13.5 Å². The van der Waals surface area contributed by atoms with E-state index < -0.39 is 10.9 Å². The third-order valence-corrected chi connectivity index (χ3v) is 2.56. The Balaban J connectivity index is 2.24. The summed E-state index contributed by atoms with van der Waals surface area (Å²) in [5.74, 6) is -1.38. The molecule has 0 fully saturated rings. The Bertz CT molecular complexity index is 687. The number of rotatable bonds is 5. The van der Waals surface area contributed by atoms with Crippen molar-refractivity contribution in [1.82, 2.24) is 15.0 Å². The number of nitro groups is 1. The zero-order valence-electron chi connectivity index (χ0n) is 11.0. The summed E-state index contributed by atoms with van der Waals surface area (Å²) in [6.45, 7) is 1.93. The Morgan fingerprint density at radius 1 is 1.38 bits per heavy atom. The van der Waals surface area contributed by atoms with E-state index in [0.717, 1.165) is 17.8 Å². The van der Waals surface area contributed by atoms with Crippen LogP contribution in [0.5, 0.6) is 0 Å². The summed E-state index contributed by atoms with van der Waals surface area (Å²) in [5, 5.41) is 22.5. The van der Waals surface area contributed by atoms with Crippen LogP contribution in [0.3, 0.4) is 0 Å². The molecular weight excluding hydrogens is 278 g/mol. The van der Waals surface area contributed by atoms with Crippen LogP contribution >= 0.6 is 0 Å². The zero-order valence-corrected chi connectivity index (χ0v) is 11.0. The van der Waals surface area contributed by atoms with Crippen molar-refractivity contribution < 1.29 is 14.8 Å². The maximum absolute atomic E-state index is 10.9. The molecule has 2 heterocycles. The van der Waals surface area contributed by atoms with E-state index in [-0.39, 0.29) is 23.7 Å². The number of hydrogen-bond donors (Lipinski definition) is 2. The first-order chi connectivity index (χ1) is 9.97. The molecule has 2 rings (SSSR count). The van der Waals surface area contributed by atoms with Gasteiger partial charge in [0.15, 0.2) is 5.69 Å². The minimum atomic E-state index is -1.26. The number of aromatic carboxylic acids is 1. The van der Waals surface area contributed by atoms with Crippen LogP contribution < -0.4 is 5.32 Å². The molecule has 2 aromatic rings. The molecule has 0 atom stereocenters. The number of nitrogens with zero attached hydrogens (tertiary/aromatic N) is 4. The minimum Gasteiger partial charge on any atom is -0.477 e. The van der Waals surface area contributed by atoms with E-state index >= 15 is 0 Å². The van der Waals surface area contributed by atoms with E-state index in [1.807, 2.05) is 0 Å². The monoisotopic (exact) mass is 289 g/mol. The Hall–Kier alpha value is -3.10. The van der Waals surface area contributed by atoms with Crippen LogP contribution in [-0.4, -0.2) is 31.0 Å². The first kappa shape index (κ1) is 14.3. The zero-order chi connectivity index (χ0) is 15.4. The van der Waals surface area contributed by atoms with Gasteiger partial charge < -0.3 is 10.4 Å². The molecule has 0 aliphatic carbocycles. The summed E-state index contributed by atoms with van der Waals surface area (Å²) in [7, 11) is 0. The van der Waals surface area contributed by atoms with Crippen molar-refractivity contribution in [3.63, 3.8) is 0 Å². The van der Waals surface area contributed by atoms with E-state index in [0.29, 0.717) is 5.69 Å². The molecule has 0 bridgehead atoms. The largest absolute Gasteiger partial charge is 0.477 e. The normalized spacial score (nSPS) is 10.1. The second-order valence-corrected chi connectivity index (χ2v) is 4.13. The van der Waals surface area contributed by atoms with Gasteiger partial charge in [-0.3, -0.25) is 20.1 Å². The Kier molecular flexibility index (Phi) is 4.02. The number of aromatic nitrogens is 3. The van der Waals surface area contributed by atoms with Crippen LogP contribution in [0, 0.1) is 17.0 Å². The number of carboxylic acid groups (broad SMARTS) is 1. The van der Waals surface area contributed by atoms with Gasteiger partial charge in [0.2, 0.25) is 5.82 Å². The number of carboxylic acids is 1. The lowest BCUT2D eigenvalue weighted by Gasteiger charge is -2.06. The summed E-state index contributed by atoms with van der Waals surface area (Å²) in [4.78, 5) is 33.0. The maximum Gasteiger partial charge on any atom is 0.354 e. The van der Waals surface area contributed by atoms with Crippen molar-refractivity contribution in [3.05, 3.63) is 51.7 Å². The summed E-state index contributed by atoms with van der Waals surface area (Å²) in [6.07, 6.45) is 3.09. The number of nitrogens with one attached hydrogen (secondary N) is 1. The average molecular weight is 289 g/mol. The van der Waals surface area contributed by atoms with Gasteiger partial charge in [-0.15, -0.1) is 0 Å². The molecule has 0 aliphatic heterocycles. The topological polar surface area (TPSA) is 131 Å². The Morgan fingerprint density at radius 2 is 2.14 bits per heavy atom. The fourth-order valence-electron chi connectivity index (χ4n) is 1.53. The molecule has 0 saturated heterocycles. The van der Waals surface area contributed by atoms with Crippen molar-refractivity contribution in [1.29, 1.82) is 0 Å². The number of aryl methyl sites for hydroxylation is 1. The lowest BCUT2D eigenvalue weighted by molar-refractivity contribution is -0.384. The van der Waals surface area contributed by atoms with Crippen molar-refractivity contribution in [2.24, 2.45) is 0 Å². The molecule has 0 radical (unpaired) electrons. The van der Waals surface area contributed by atoms with Gasteiger partial charge in [-0.2, -0.15) is 0 Å². The summed E-state index contributed by atoms with van der Waals surface area (Å²) >= 11 is 0. The van der Waals surface area contributed by atoms with E-state index in [1.165, 1.54) is 6.20 Å². The molecule has 0 aromatic carbocycles. The van der Waals surface area contributed by atoms with Crippen molar-refractivity contribution in [3.8, 4) is 0 Å². The van der Waals surface area contributed by atoms with E-state index in [4.69, 9.17) is 5.11 Å². The molecule has 0 saturated carbocycles. The predicted octanol–water partition coefficient (Wildman–Crippen LogP) is 1.40. The van der Waals surface area contributed by atoms with Crippen LogP contribution in [-0.2, 0) is 6.54 Å². The highest BCUT2D eigenvalue weighted by molar-refractivity contribution is 5.86. The molecule has 0 spiro atoms. The number of hydrogen-bond acceptors (Lipinski definition) is 7. The Labute approximate surface area is 118 Å². The predicted molar refractivity (Wildman–Crippen MR) is 71.9 cm³/mol. The second kappa shape index (κ2) is 5.90. The first-order valence-corrected chi connectivity index (χ1v) is 5.87. The lowest BCUT2D eigenvalue weighted by atomic mass is 10.3. The highest BCUT2D eigenvalue weighted by Crippen LogP contribution is 2.22. The highest BCUT2D eigenvalue weighted by Gasteiger charge is 2.18. The summed E-state index contributed by atoms with van der Waals surface area (Å²) < 4.78 is 0. The molecule has 9 heteroatoms. The molecular formula is C12H11N5O4. The quantitative estimate of drug-likeness (QED) is 0.623. The number of carbonyl (C=O) groups is 1. The molecule has 0 unspecified atom stereocenters. The molecule has 21 heavy (non-hydrogen) atoms. The van der Waals surface area contributed by atoms with Gasteiger partial charge in [-0.25, -0.2) is 9.78 Å². The standard InChI is InChI=1S/C12H11N5O4/c1-7-4-14-8(5-13-7)6-15-11-10(17(20)21)3-2-9(16-11)12(18)19/h2-5H,6H2,1H3,(H,15,16)(H,18,19). The van der Waals surface area contributed by atoms with Crippen LogP contribution in [0.2, 0.25) is 0 Å². The molecule has 2 N–H and O–H groups in total. The van der Waals surface area contributed by atoms with Gasteiger partial charge in [0.1, 0.15) is 0 Å². The fourth-order valence-corrected chi connectivity index (χ4v) is 1.53. The average Bonchev–Trinajstić information content (AvgIpc) is 2.46. The molecule has 0 amide bonds. The molecule has 9 nitrogen and oxygen atoms in total. The van der Waals surface area contributed by atoms with E-state index in [9.17, 15) is 14.9 Å². The smallest absolute Gasteiger partial charge is 0.354 e. The third kappa shape index (κ3) is 3.47. The van der Waals surface area contributed by atoms with Crippen LogP contribution in [0.25, 0.3) is 0 Å². The van der Waals surface area contributed by atoms with E-state index in [1.54, 1.807) is 13.1 Å². The van der Waals surface area contributed by atoms with Crippen molar-refractivity contribution >= 4 is 17.5 Å². The number of pyridine rings is 1. The minimum absolute atomic E-state index is 0.123. The molecule has 2 aromatic heterocycles. The van der Waals surface area contributed by atoms with Gasteiger partial charge in [-0.1, -0.05) is 0 Å². The van der Waals surface area contributed by atoms with Gasteiger partial charge in [0.25, 0.3) is 0 Å². The Morgan fingerprint density at radius 3 is 2.71 bits per heavy atom. The van der Waals surface area contributed by atoms with Gasteiger partial charge in [0, 0.05) is 12.3 Å². The summed E-state index contributed by atoms with van der Waals surface area (Å²) in [5.41, 5.74) is 0.714. The maximum atomic E-state index is 10.9. The third-order valence-electron chi connectivity index (χ3n) is 2.56. The van der Waals surface area contributed by atoms with Gasteiger partial charge in [0.05, 0.1) is 29.1 Å². The molecule has 108 valence electrons. The fraction of sp³-hybridized carbons (Fsp3) is 0.167.